The number of carbonyl (C=O) groups excluding carboxylic acids is 1. The minimum absolute atomic E-state index is 0.599. The summed E-state index contributed by atoms with van der Waals surface area (Å²) in [6.07, 6.45) is 7.01. The molecule has 2 aromatic rings. The molecule has 0 bridgehead atoms. The van der Waals surface area contributed by atoms with E-state index in [1.165, 1.54) is 12.8 Å². The Bertz CT molecular complexity index is 600. The van der Waals surface area contributed by atoms with Gasteiger partial charge in [0.2, 0.25) is 0 Å². The Kier molecular flexibility index (Phi) is 3.07. The van der Waals surface area contributed by atoms with Crippen LogP contribution >= 0.6 is 0 Å². The molecule has 0 atom stereocenters. The number of hydrogen-bond donors (Lipinski definition) is 0. The largest absolute Gasteiger partial charge is 0.492 e. The van der Waals surface area contributed by atoms with Gasteiger partial charge in [0.05, 0.1) is 18.4 Å². The highest BCUT2D eigenvalue weighted by Crippen LogP contribution is 2.35. The fourth-order valence-corrected chi connectivity index (χ4v) is 2.08. The van der Waals surface area contributed by atoms with E-state index in [0.717, 1.165) is 17.4 Å². The molecular weight excluding hydrogens is 240 g/mol. The van der Waals surface area contributed by atoms with E-state index in [9.17, 15) is 4.79 Å². The summed E-state index contributed by atoms with van der Waals surface area (Å²) >= 11 is 0. The molecule has 1 heterocycles. The van der Waals surface area contributed by atoms with Crippen LogP contribution in [-0.2, 0) is 7.05 Å². The Morgan fingerprint density at radius 1 is 1.47 bits per heavy atom. The average Bonchev–Trinajstić information content (AvgIpc) is 3.16. The lowest BCUT2D eigenvalue weighted by molar-refractivity contribution is 0.111. The fraction of sp³-hybridized carbons (Fsp3) is 0.333. The predicted octanol–water partition coefficient (Wildman–Crippen LogP) is 2.69. The van der Waals surface area contributed by atoms with E-state index in [1.54, 1.807) is 16.9 Å². The molecule has 0 unspecified atom stereocenters. The number of ether oxygens (including phenoxy) is 1. The first-order valence-corrected chi connectivity index (χ1v) is 6.48. The van der Waals surface area contributed by atoms with Gasteiger partial charge in [0.25, 0.3) is 0 Å². The van der Waals surface area contributed by atoms with Crippen molar-refractivity contribution < 1.29 is 9.53 Å². The molecule has 1 aromatic carbocycles. The lowest BCUT2D eigenvalue weighted by Gasteiger charge is -2.12. The number of carbonyl (C=O) groups is 1. The van der Waals surface area contributed by atoms with Crippen molar-refractivity contribution in [3.05, 3.63) is 36.2 Å². The number of rotatable bonds is 5. The van der Waals surface area contributed by atoms with Crippen molar-refractivity contribution in [2.75, 3.05) is 6.61 Å². The highest BCUT2D eigenvalue weighted by atomic mass is 16.5. The van der Waals surface area contributed by atoms with Gasteiger partial charge >= 0.3 is 0 Å². The van der Waals surface area contributed by atoms with Crippen LogP contribution in [0.1, 0.15) is 23.2 Å². The molecule has 1 aliphatic rings. The molecule has 0 saturated heterocycles. The van der Waals surface area contributed by atoms with Gasteiger partial charge in [0, 0.05) is 24.4 Å². The van der Waals surface area contributed by atoms with Gasteiger partial charge in [-0.2, -0.15) is 5.10 Å². The maximum absolute atomic E-state index is 11.2. The zero-order valence-electron chi connectivity index (χ0n) is 10.9. The van der Waals surface area contributed by atoms with Crippen LogP contribution in [0.5, 0.6) is 5.75 Å². The smallest absolute Gasteiger partial charge is 0.153 e. The predicted molar refractivity (Wildman–Crippen MR) is 72.3 cm³/mol. The molecule has 4 nitrogen and oxygen atoms in total. The van der Waals surface area contributed by atoms with Gasteiger partial charge in [-0.1, -0.05) is 12.1 Å². The minimum atomic E-state index is 0.599. The molecule has 0 N–H and O–H groups in total. The number of hydrogen-bond acceptors (Lipinski definition) is 3. The van der Waals surface area contributed by atoms with E-state index in [0.29, 0.717) is 23.8 Å². The second-order valence-electron chi connectivity index (χ2n) is 5.00. The van der Waals surface area contributed by atoms with Crippen LogP contribution in [0.3, 0.4) is 0 Å². The first-order valence-electron chi connectivity index (χ1n) is 6.48. The molecule has 1 aromatic heterocycles. The van der Waals surface area contributed by atoms with Crippen LogP contribution < -0.4 is 4.74 Å². The molecule has 0 aliphatic heterocycles. The van der Waals surface area contributed by atoms with Gasteiger partial charge in [0.15, 0.2) is 6.29 Å². The first kappa shape index (κ1) is 12.0. The maximum atomic E-state index is 11.2. The van der Waals surface area contributed by atoms with Crippen LogP contribution in [0.15, 0.2) is 30.6 Å². The monoisotopic (exact) mass is 256 g/mol. The molecule has 4 heteroatoms. The molecule has 0 spiro atoms. The summed E-state index contributed by atoms with van der Waals surface area (Å²) < 4.78 is 7.62. The second kappa shape index (κ2) is 4.88. The van der Waals surface area contributed by atoms with E-state index in [2.05, 4.69) is 5.10 Å². The summed E-state index contributed by atoms with van der Waals surface area (Å²) in [5, 5.41) is 4.17. The number of aldehydes is 1. The Balaban J connectivity index is 1.98. The Labute approximate surface area is 112 Å². The van der Waals surface area contributed by atoms with Crippen molar-refractivity contribution in [1.29, 1.82) is 0 Å². The number of benzene rings is 1. The van der Waals surface area contributed by atoms with E-state index in [-0.39, 0.29) is 0 Å². The van der Waals surface area contributed by atoms with Gasteiger partial charge in [0.1, 0.15) is 5.75 Å². The van der Waals surface area contributed by atoms with Crippen LogP contribution in [0.2, 0.25) is 0 Å². The van der Waals surface area contributed by atoms with Gasteiger partial charge in [-0.15, -0.1) is 0 Å². The molecule has 3 rings (SSSR count). The van der Waals surface area contributed by atoms with Crippen LogP contribution in [-0.4, -0.2) is 22.7 Å². The average molecular weight is 256 g/mol. The van der Waals surface area contributed by atoms with E-state index in [4.69, 9.17) is 4.74 Å². The number of aromatic nitrogens is 2. The maximum Gasteiger partial charge on any atom is 0.153 e. The van der Waals surface area contributed by atoms with E-state index >= 15 is 0 Å². The summed E-state index contributed by atoms with van der Waals surface area (Å²) in [6, 6.07) is 5.62. The van der Waals surface area contributed by atoms with Crippen LogP contribution in [0, 0.1) is 5.92 Å². The van der Waals surface area contributed by atoms with Gasteiger partial charge < -0.3 is 4.74 Å². The molecule has 0 radical (unpaired) electrons. The summed E-state index contributed by atoms with van der Waals surface area (Å²) in [7, 11) is 1.87. The Morgan fingerprint density at radius 2 is 2.32 bits per heavy atom. The standard InChI is InChI=1S/C15H16N2O2/c1-17-8-13(7-16-17)14-4-2-3-12(9-18)15(14)19-10-11-5-6-11/h2-4,7-9,11H,5-6,10H2,1H3. The van der Waals surface area contributed by atoms with Crippen molar-refractivity contribution in [2.24, 2.45) is 13.0 Å². The number of aryl methyl sites for hydroxylation is 1. The number of para-hydroxylation sites is 1. The molecule has 1 saturated carbocycles. The molecular formula is C15H16N2O2. The molecule has 0 amide bonds. The quantitative estimate of drug-likeness (QED) is 0.772. The third-order valence-electron chi connectivity index (χ3n) is 3.35. The molecule has 19 heavy (non-hydrogen) atoms. The lowest BCUT2D eigenvalue weighted by Crippen LogP contribution is -2.03. The van der Waals surface area contributed by atoms with E-state index in [1.807, 2.05) is 25.4 Å². The second-order valence-corrected chi connectivity index (χ2v) is 5.00. The summed E-state index contributed by atoms with van der Waals surface area (Å²) in [6.45, 7) is 0.693. The fourth-order valence-electron chi connectivity index (χ4n) is 2.08. The SMILES string of the molecule is Cn1cc(-c2cccc(C=O)c2OCC2CC2)cn1. The summed E-state index contributed by atoms with van der Waals surface area (Å²) in [5.41, 5.74) is 2.50. The minimum Gasteiger partial charge on any atom is -0.492 e. The summed E-state index contributed by atoms with van der Waals surface area (Å²) in [5.74, 6) is 1.33. The number of nitrogens with zero attached hydrogens (tertiary/aromatic N) is 2. The normalized spacial score (nSPS) is 14.4. The van der Waals surface area contributed by atoms with Crippen LogP contribution in [0.4, 0.5) is 0 Å². The highest BCUT2D eigenvalue weighted by molar-refractivity contribution is 5.85. The zero-order valence-corrected chi connectivity index (χ0v) is 10.9. The van der Waals surface area contributed by atoms with Gasteiger partial charge in [-0.3, -0.25) is 9.48 Å². The Morgan fingerprint density at radius 3 is 2.95 bits per heavy atom. The molecule has 1 aliphatic carbocycles. The topological polar surface area (TPSA) is 44.1 Å². The molecule has 1 fully saturated rings. The Hall–Kier alpha value is -2.10. The van der Waals surface area contributed by atoms with Crippen molar-refractivity contribution in [2.45, 2.75) is 12.8 Å². The van der Waals surface area contributed by atoms with Crippen LogP contribution in [0.25, 0.3) is 11.1 Å². The highest BCUT2D eigenvalue weighted by Gasteiger charge is 2.23. The van der Waals surface area contributed by atoms with Gasteiger partial charge in [-0.05, 0) is 24.8 Å². The van der Waals surface area contributed by atoms with Crippen molar-refractivity contribution >= 4 is 6.29 Å². The molecule has 98 valence electrons. The lowest BCUT2D eigenvalue weighted by atomic mass is 10.0. The van der Waals surface area contributed by atoms with E-state index < -0.39 is 0 Å². The zero-order chi connectivity index (χ0) is 13.2. The van der Waals surface area contributed by atoms with Crippen molar-refractivity contribution in [3.63, 3.8) is 0 Å². The van der Waals surface area contributed by atoms with Crippen molar-refractivity contribution in [3.8, 4) is 16.9 Å². The van der Waals surface area contributed by atoms with Crippen molar-refractivity contribution in [1.82, 2.24) is 9.78 Å². The summed E-state index contributed by atoms with van der Waals surface area (Å²) in [4.78, 5) is 11.2. The third kappa shape index (κ3) is 2.52. The first-order chi connectivity index (χ1) is 9.28. The van der Waals surface area contributed by atoms with Gasteiger partial charge in [-0.25, -0.2) is 0 Å². The third-order valence-corrected chi connectivity index (χ3v) is 3.35.